The van der Waals surface area contributed by atoms with Gasteiger partial charge in [0.25, 0.3) is 0 Å². The van der Waals surface area contributed by atoms with Crippen LogP contribution >= 0.6 is 0 Å². The van der Waals surface area contributed by atoms with Crippen LogP contribution < -0.4 is 5.32 Å². The van der Waals surface area contributed by atoms with E-state index in [0.717, 1.165) is 47.2 Å². The van der Waals surface area contributed by atoms with Crippen LogP contribution in [0.3, 0.4) is 0 Å². The first-order chi connectivity index (χ1) is 12.9. The zero-order chi connectivity index (χ0) is 19.6. The summed E-state index contributed by atoms with van der Waals surface area (Å²) in [4.78, 5) is 31.7. The number of fused-ring (bicyclic) bond motifs is 1. The summed E-state index contributed by atoms with van der Waals surface area (Å²) in [6.45, 7) is 9.38. The molecule has 1 aliphatic heterocycles. The molecule has 2 heterocycles. The van der Waals surface area contributed by atoms with Crippen molar-refractivity contribution in [1.82, 2.24) is 9.88 Å². The van der Waals surface area contributed by atoms with Gasteiger partial charge in [-0.3, -0.25) is 14.6 Å². The number of anilines is 1. The van der Waals surface area contributed by atoms with Crippen LogP contribution in [0.4, 0.5) is 5.69 Å². The Morgan fingerprint density at radius 3 is 2.74 bits per heavy atom. The van der Waals surface area contributed by atoms with Gasteiger partial charge < -0.3 is 10.2 Å². The molecule has 3 rings (SSSR count). The van der Waals surface area contributed by atoms with Crippen molar-refractivity contribution < 1.29 is 9.59 Å². The first-order valence-electron chi connectivity index (χ1n) is 9.90. The Bertz CT molecular complexity index is 860. The van der Waals surface area contributed by atoms with E-state index in [4.69, 9.17) is 4.98 Å². The highest BCUT2D eigenvalue weighted by Crippen LogP contribution is 2.34. The summed E-state index contributed by atoms with van der Waals surface area (Å²) in [7, 11) is 0. The summed E-state index contributed by atoms with van der Waals surface area (Å²) < 4.78 is 0. The minimum absolute atomic E-state index is 0.00116. The van der Waals surface area contributed by atoms with Gasteiger partial charge in [0.15, 0.2) is 0 Å². The molecule has 1 fully saturated rings. The predicted molar refractivity (Wildman–Crippen MR) is 109 cm³/mol. The van der Waals surface area contributed by atoms with E-state index in [2.05, 4.69) is 19.2 Å². The van der Waals surface area contributed by atoms with Gasteiger partial charge in [-0.2, -0.15) is 0 Å². The molecule has 0 spiro atoms. The lowest BCUT2D eigenvalue weighted by molar-refractivity contribution is -0.134. The van der Waals surface area contributed by atoms with Crippen molar-refractivity contribution in [1.29, 1.82) is 0 Å². The van der Waals surface area contributed by atoms with Gasteiger partial charge in [-0.25, -0.2) is 0 Å². The highest BCUT2D eigenvalue weighted by Gasteiger charge is 2.29. The Morgan fingerprint density at radius 2 is 2.04 bits per heavy atom. The fraction of sp³-hybridized carbons (Fsp3) is 0.500. The van der Waals surface area contributed by atoms with Crippen molar-refractivity contribution >= 4 is 28.4 Å². The number of nitrogens with one attached hydrogen (secondary N) is 1. The number of likely N-dealkylation sites (tertiary alicyclic amines) is 1. The molecule has 2 amide bonds. The van der Waals surface area contributed by atoms with Crippen LogP contribution in [0.5, 0.6) is 0 Å². The zero-order valence-corrected chi connectivity index (χ0v) is 16.7. The van der Waals surface area contributed by atoms with Crippen LogP contribution in [-0.4, -0.2) is 34.8 Å². The SMILES string of the molecule is CCC(=O)N1CCCC(C(=O)Nc2c(C(C)C)c(C)nc3ccccc23)C1. The highest BCUT2D eigenvalue weighted by molar-refractivity contribution is 6.03. The number of nitrogens with zero attached hydrogens (tertiary/aromatic N) is 2. The van der Waals surface area contributed by atoms with Crippen LogP contribution in [0, 0.1) is 12.8 Å². The number of benzene rings is 1. The van der Waals surface area contributed by atoms with Crippen molar-refractivity contribution in [3.8, 4) is 0 Å². The number of pyridine rings is 1. The molecule has 1 N–H and O–H groups in total. The second kappa shape index (κ2) is 8.07. The average Bonchev–Trinajstić information content (AvgIpc) is 2.67. The topological polar surface area (TPSA) is 62.3 Å². The molecule has 1 aromatic carbocycles. The number of aryl methyl sites for hydroxylation is 1. The maximum atomic E-state index is 13.1. The molecule has 0 saturated carbocycles. The van der Waals surface area contributed by atoms with E-state index in [0.29, 0.717) is 13.0 Å². The Labute approximate surface area is 161 Å². The predicted octanol–water partition coefficient (Wildman–Crippen LogP) is 4.25. The molecule has 1 aliphatic rings. The van der Waals surface area contributed by atoms with Gasteiger partial charge in [0.2, 0.25) is 11.8 Å². The van der Waals surface area contributed by atoms with E-state index < -0.39 is 0 Å². The maximum absolute atomic E-state index is 13.1. The molecule has 27 heavy (non-hydrogen) atoms. The molecular weight excluding hydrogens is 338 g/mol. The summed E-state index contributed by atoms with van der Waals surface area (Å²) in [5.74, 6) is 0.213. The summed E-state index contributed by atoms with van der Waals surface area (Å²) in [5.41, 5.74) is 3.79. The van der Waals surface area contributed by atoms with Crippen molar-refractivity contribution in [2.45, 2.75) is 52.9 Å². The van der Waals surface area contributed by atoms with Crippen LogP contribution in [0.15, 0.2) is 24.3 Å². The molecule has 2 aromatic rings. The lowest BCUT2D eigenvalue weighted by atomic mass is 9.94. The van der Waals surface area contributed by atoms with Gasteiger partial charge in [0.1, 0.15) is 0 Å². The minimum atomic E-state index is -0.165. The number of carbonyl (C=O) groups is 2. The molecule has 144 valence electrons. The van der Waals surface area contributed by atoms with E-state index in [9.17, 15) is 9.59 Å². The third-order valence-corrected chi connectivity index (χ3v) is 5.39. The number of rotatable bonds is 4. The Balaban J connectivity index is 1.92. The van der Waals surface area contributed by atoms with Gasteiger partial charge in [-0.15, -0.1) is 0 Å². The second-order valence-electron chi connectivity index (χ2n) is 7.68. The minimum Gasteiger partial charge on any atom is -0.342 e. The largest absolute Gasteiger partial charge is 0.342 e. The second-order valence-corrected chi connectivity index (χ2v) is 7.68. The number of aromatic nitrogens is 1. The lowest BCUT2D eigenvalue weighted by Gasteiger charge is -2.32. The van der Waals surface area contributed by atoms with E-state index >= 15 is 0 Å². The summed E-state index contributed by atoms with van der Waals surface area (Å²) in [6.07, 6.45) is 2.18. The number of hydrogen-bond acceptors (Lipinski definition) is 3. The Hall–Kier alpha value is -2.43. The number of piperidine rings is 1. The smallest absolute Gasteiger partial charge is 0.229 e. The van der Waals surface area contributed by atoms with Crippen molar-refractivity contribution in [3.05, 3.63) is 35.5 Å². The summed E-state index contributed by atoms with van der Waals surface area (Å²) >= 11 is 0. The fourth-order valence-electron chi connectivity index (χ4n) is 4.06. The molecule has 1 atom stereocenters. The average molecular weight is 367 g/mol. The fourth-order valence-corrected chi connectivity index (χ4v) is 4.06. The van der Waals surface area contributed by atoms with Gasteiger partial charge in [0, 0.05) is 36.2 Å². The highest BCUT2D eigenvalue weighted by atomic mass is 16.2. The quantitative estimate of drug-likeness (QED) is 0.878. The van der Waals surface area contributed by atoms with E-state index in [1.165, 1.54) is 0 Å². The first kappa shape index (κ1) is 19.3. The van der Waals surface area contributed by atoms with Gasteiger partial charge in [-0.1, -0.05) is 39.0 Å². The molecule has 1 saturated heterocycles. The van der Waals surface area contributed by atoms with Crippen LogP contribution in [0.1, 0.15) is 57.2 Å². The number of carbonyl (C=O) groups excluding carboxylic acids is 2. The normalized spacial score (nSPS) is 17.4. The zero-order valence-electron chi connectivity index (χ0n) is 16.7. The third kappa shape index (κ3) is 3.97. The monoisotopic (exact) mass is 367 g/mol. The van der Waals surface area contributed by atoms with Crippen LogP contribution in [0.25, 0.3) is 10.9 Å². The molecule has 1 unspecified atom stereocenters. The molecular formula is C22H29N3O2. The maximum Gasteiger partial charge on any atom is 0.229 e. The Morgan fingerprint density at radius 1 is 1.30 bits per heavy atom. The van der Waals surface area contributed by atoms with Crippen molar-refractivity contribution in [2.24, 2.45) is 5.92 Å². The van der Waals surface area contributed by atoms with Crippen LogP contribution in [-0.2, 0) is 9.59 Å². The number of para-hydroxylation sites is 1. The third-order valence-electron chi connectivity index (χ3n) is 5.39. The van der Waals surface area contributed by atoms with E-state index in [1.54, 1.807) is 0 Å². The van der Waals surface area contributed by atoms with Crippen LogP contribution in [0.2, 0.25) is 0 Å². The van der Waals surface area contributed by atoms with E-state index in [1.807, 2.05) is 43.0 Å². The molecule has 5 heteroatoms. The first-order valence-corrected chi connectivity index (χ1v) is 9.90. The molecule has 1 aromatic heterocycles. The number of hydrogen-bond donors (Lipinski definition) is 1. The van der Waals surface area contributed by atoms with Gasteiger partial charge in [0.05, 0.1) is 17.1 Å². The van der Waals surface area contributed by atoms with Crippen molar-refractivity contribution in [2.75, 3.05) is 18.4 Å². The van der Waals surface area contributed by atoms with Crippen molar-refractivity contribution in [3.63, 3.8) is 0 Å². The van der Waals surface area contributed by atoms with E-state index in [-0.39, 0.29) is 23.7 Å². The summed E-state index contributed by atoms with van der Waals surface area (Å²) in [5, 5.41) is 4.18. The summed E-state index contributed by atoms with van der Waals surface area (Å²) in [6, 6.07) is 7.92. The lowest BCUT2D eigenvalue weighted by Crippen LogP contribution is -2.43. The Kier molecular flexibility index (Phi) is 5.78. The van der Waals surface area contributed by atoms with Gasteiger partial charge in [-0.05, 0) is 31.7 Å². The standard InChI is InChI=1S/C22H29N3O2/c1-5-19(26)25-12-8-9-16(13-25)22(27)24-21-17-10-6-7-11-18(17)23-15(4)20(21)14(2)3/h6-7,10-11,14,16H,5,8-9,12-13H2,1-4H3,(H,23,24,27). The molecule has 5 nitrogen and oxygen atoms in total. The number of amides is 2. The molecule has 0 radical (unpaired) electrons. The van der Waals surface area contributed by atoms with Gasteiger partial charge >= 0.3 is 0 Å². The molecule has 0 aliphatic carbocycles. The molecule has 0 bridgehead atoms.